The van der Waals surface area contributed by atoms with E-state index in [9.17, 15) is 5.11 Å². The van der Waals surface area contributed by atoms with Crippen LogP contribution < -0.4 is 10.6 Å². The first-order valence-corrected chi connectivity index (χ1v) is 10.8. The van der Waals surface area contributed by atoms with Gasteiger partial charge in [0.1, 0.15) is 5.75 Å². The molecule has 0 unspecified atom stereocenters. The first-order chi connectivity index (χ1) is 14.2. The zero-order chi connectivity index (χ0) is 20.3. The van der Waals surface area contributed by atoms with E-state index in [1.165, 1.54) is 42.6 Å². The highest BCUT2D eigenvalue weighted by Gasteiger charge is 2.11. The number of likely N-dealkylation sites (tertiary alicyclic amines) is 1. The zero-order valence-corrected chi connectivity index (χ0v) is 20.3. The van der Waals surface area contributed by atoms with Crippen molar-refractivity contribution in [3.05, 3.63) is 65.2 Å². The maximum absolute atomic E-state index is 9.35. The summed E-state index contributed by atoms with van der Waals surface area (Å²) in [7, 11) is 0. The molecule has 6 heteroatoms. The average molecular weight is 522 g/mol. The van der Waals surface area contributed by atoms with E-state index in [0.29, 0.717) is 12.3 Å². The highest BCUT2D eigenvalue weighted by atomic mass is 127. The molecule has 0 spiro atoms. The van der Waals surface area contributed by atoms with Gasteiger partial charge in [0.05, 0.1) is 6.54 Å². The van der Waals surface area contributed by atoms with Crippen molar-refractivity contribution in [1.29, 1.82) is 0 Å². The minimum Gasteiger partial charge on any atom is -0.508 e. The summed E-state index contributed by atoms with van der Waals surface area (Å²) in [5.41, 5.74) is 3.86. The van der Waals surface area contributed by atoms with Gasteiger partial charge in [0.25, 0.3) is 0 Å². The number of aromatic hydroxyl groups is 1. The molecule has 0 saturated carbocycles. The van der Waals surface area contributed by atoms with Crippen LogP contribution in [0.25, 0.3) is 0 Å². The molecule has 5 nitrogen and oxygen atoms in total. The van der Waals surface area contributed by atoms with Crippen LogP contribution in [0.15, 0.2) is 53.5 Å². The molecule has 0 amide bonds. The number of benzene rings is 2. The fraction of sp³-hybridized carbons (Fsp3) is 0.458. The second-order valence-corrected chi connectivity index (χ2v) is 7.69. The number of hydrogen-bond acceptors (Lipinski definition) is 3. The predicted molar refractivity (Wildman–Crippen MR) is 136 cm³/mol. The molecule has 1 aliphatic rings. The molecule has 1 aliphatic heterocycles. The van der Waals surface area contributed by atoms with E-state index >= 15 is 0 Å². The summed E-state index contributed by atoms with van der Waals surface area (Å²) < 4.78 is 0. The fourth-order valence-electron chi connectivity index (χ4n) is 3.62. The average Bonchev–Trinajstić information content (AvgIpc) is 3.25. The van der Waals surface area contributed by atoms with Gasteiger partial charge in [-0.1, -0.05) is 36.4 Å². The molecule has 2 aromatic rings. The number of phenolic OH excluding ortho intramolecular Hbond substituents is 1. The number of phenols is 1. The molecule has 1 heterocycles. The van der Waals surface area contributed by atoms with Crippen LogP contribution in [0.2, 0.25) is 0 Å². The van der Waals surface area contributed by atoms with Gasteiger partial charge in [-0.25, -0.2) is 4.99 Å². The molecule has 30 heavy (non-hydrogen) atoms. The first kappa shape index (κ1) is 24.5. The Balaban J connectivity index is 0.00000320. The van der Waals surface area contributed by atoms with Crippen molar-refractivity contribution < 1.29 is 5.11 Å². The SMILES string of the molecule is CCNC(=NCc1ccc(CN2CCCC2)cc1)NCCCc1ccc(O)cc1.I. The Morgan fingerprint density at radius 2 is 1.57 bits per heavy atom. The van der Waals surface area contributed by atoms with E-state index in [0.717, 1.165) is 38.4 Å². The van der Waals surface area contributed by atoms with Crippen LogP contribution >= 0.6 is 24.0 Å². The number of hydrogen-bond donors (Lipinski definition) is 3. The molecular weight excluding hydrogens is 487 g/mol. The third kappa shape index (κ3) is 8.52. The van der Waals surface area contributed by atoms with E-state index in [-0.39, 0.29) is 24.0 Å². The van der Waals surface area contributed by atoms with Gasteiger partial charge in [0.2, 0.25) is 0 Å². The van der Waals surface area contributed by atoms with Crippen LogP contribution in [0.3, 0.4) is 0 Å². The molecule has 3 N–H and O–H groups in total. The van der Waals surface area contributed by atoms with Gasteiger partial charge in [-0.3, -0.25) is 4.90 Å². The molecule has 164 valence electrons. The molecule has 2 aromatic carbocycles. The summed E-state index contributed by atoms with van der Waals surface area (Å²) in [5.74, 6) is 1.18. The largest absolute Gasteiger partial charge is 0.508 e. The van der Waals surface area contributed by atoms with Crippen molar-refractivity contribution in [3.63, 3.8) is 0 Å². The molecule has 0 bridgehead atoms. The third-order valence-corrected chi connectivity index (χ3v) is 5.26. The van der Waals surface area contributed by atoms with E-state index < -0.39 is 0 Å². The lowest BCUT2D eigenvalue weighted by molar-refractivity contribution is 0.331. The Kier molecular flexibility index (Phi) is 11.0. The monoisotopic (exact) mass is 522 g/mol. The van der Waals surface area contributed by atoms with Crippen molar-refractivity contribution in [3.8, 4) is 5.75 Å². The summed E-state index contributed by atoms with van der Waals surface area (Å²) >= 11 is 0. The lowest BCUT2D eigenvalue weighted by atomic mass is 10.1. The Morgan fingerprint density at radius 1 is 0.933 bits per heavy atom. The third-order valence-electron chi connectivity index (χ3n) is 5.26. The minimum absolute atomic E-state index is 0. The number of nitrogens with zero attached hydrogens (tertiary/aromatic N) is 2. The summed E-state index contributed by atoms with van der Waals surface area (Å²) in [6.07, 6.45) is 4.66. The number of halogens is 1. The second kappa shape index (κ2) is 13.5. The van der Waals surface area contributed by atoms with E-state index in [1.807, 2.05) is 12.1 Å². The van der Waals surface area contributed by atoms with Gasteiger partial charge in [-0.05, 0) is 74.5 Å². The zero-order valence-electron chi connectivity index (χ0n) is 17.9. The van der Waals surface area contributed by atoms with Crippen LogP contribution in [0.4, 0.5) is 0 Å². The highest BCUT2D eigenvalue weighted by molar-refractivity contribution is 14.0. The van der Waals surface area contributed by atoms with Crippen molar-refractivity contribution in [1.82, 2.24) is 15.5 Å². The molecule has 1 saturated heterocycles. The highest BCUT2D eigenvalue weighted by Crippen LogP contribution is 2.14. The van der Waals surface area contributed by atoms with Gasteiger partial charge in [-0.15, -0.1) is 24.0 Å². The summed E-state index contributed by atoms with van der Waals surface area (Å²) in [6.45, 7) is 8.00. The summed E-state index contributed by atoms with van der Waals surface area (Å²) in [4.78, 5) is 7.25. The van der Waals surface area contributed by atoms with Gasteiger partial charge < -0.3 is 15.7 Å². The second-order valence-electron chi connectivity index (χ2n) is 7.69. The molecule has 3 rings (SSSR count). The van der Waals surface area contributed by atoms with Crippen LogP contribution in [0, 0.1) is 0 Å². The molecule has 0 aliphatic carbocycles. The Morgan fingerprint density at radius 3 is 2.23 bits per heavy atom. The summed E-state index contributed by atoms with van der Waals surface area (Å²) in [6, 6.07) is 16.3. The van der Waals surface area contributed by atoms with E-state index in [4.69, 9.17) is 4.99 Å². The van der Waals surface area contributed by atoms with E-state index in [2.05, 4.69) is 46.7 Å². The van der Waals surface area contributed by atoms with Crippen molar-refractivity contribution in [2.45, 2.75) is 45.7 Å². The lowest BCUT2D eigenvalue weighted by Gasteiger charge is -2.14. The van der Waals surface area contributed by atoms with Gasteiger partial charge in [0.15, 0.2) is 5.96 Å². The van der Waals surface area contributed by atoms with E-state index in [1.54, 1.807) is 12.1 Å². The molecular formula is C24H35IN4O. The van der Waals surface area contributed by atoms with Gasteiger partial charge in [-0.2, -0.15) is 0 Å². The Bertz CT molecular complexity index is 756. The smallest absolute Gasteiger partial charge is 0.191 e. The quantitative estimate of drug-likeness (QED) is 0.199. The van der Waals surface area contributed by atoms with Crippen LogP contribution in [-0.2, 0) is 19.5 Å². The van der Waals surface area contributed by atoms with Crippen molar-refractivity contribution in [2.24, 2.45) is 4.99 Å². The molecule has 1 fully saturated rings. The lowest BCUT2D eigenvalue weighted by Crippen LogP contribution is -2.37. The summed E-state index contributed by atoms with van der Waals surface area (Å²) in [5, 5.41) is 16.1. The van der Waals surface area contributed by atoms with Crippen molar-refractivity contribution in [2.75, 3.05) is 26.2 Å². The maximum Gasteiger partial charge on any atom is 0.191 e. The normalized spacial score (nSPS) is 14.4. The Hall–Kier alpha value is -1.80. The standard InChI is InChI=1S/C24H34N4O.HI/c1-2-25-24(26-15-5-6-20-11-13-23(29)14-12-20)27-18-21-7-9-22(10-8-21)19-28-16-3-4-17-28;/h7-14,29H,2-6,15-19H2,1H3,(H2,25,26,27);1H. The number of nitrogens with one attached hydrogen (secondary N) is 2. The minimum atomic E-state index is 0. The molecule has 0 atom stereocenters. The predicted octanol–water partition coefficient (Wildman–Crippen LogP) is 4.29. The molecule has 0 radical (unpaired) electrons. The number of aryl methyl sites for hydroxylation is 1. The maximum atomic E-state index is 9.35. The van der Waals surface area contributed by atoms with Gasteiger partial charge >= 0.3 is 0 Å². The number of rotatable bonds is 9. The van der Waals surface area contributed by atoms with Crippen molar-refractivity contribution >= 4 is 29.9 Å². The topological polar surface area (TPSA) is 59.9 Å². The first-order valence-electron chi connectivity index (χ1n) is 10.8. The van der Waals surface area contributed by atoms with Crippen LogP contribution in [-0.4, -0.2) is 42.1 Å². The molecule has 0 aromatic heterocycles. The Labute approximate surface area is 198 Å². The fourth-order valence-corrected chi connectivity index (χ4v) is 3.62. The number of guanidine groups is 1. The number of aliphatic imine (C=N–C) groups is 1. The van der Waals surface area contributed by atoms with Crippen LogP contribution in [0.5, 0.6) is 5.75 Å². The van der Waals surface area contributed by atoms with Crippen LogP contribution in [0.1, 0.15) is 42.9 Å². The van der Waals surface area contributed by atoms with Gasteiger partial charge in [0, 0.05) is 19.6 Å².